The van der Waals surface area contributed by atoms with Gasteiger partial charge in [-0.2, -0.15) is 0 Å². The SMILES string of the molecule is CC(C)OC(=O)c1ccc(NC(=O)CN2C(=O)CCc3cc(Br)ccc32)cc1. The number of nitrogens with zero attached hydrogens (tertiary/aromatic N) is 1. The Balaban J connectivity index is 1.66. The number of aryl methyl sites for hydroxylation is 1. The van der Waals surface area contributed by atoms with Crippen LogP contribution in [0.25, 0.3) is 0 Å². The Labute approximate surface area is 172 Å². The van der Waals surface area contributed by atoms with E-state index in [1.54, 1.807) is 38.1 Å². The molecule has 0 saturated carbocycles. The number of amides is 2. The van der Waals surface area contributed by atoms with Gasteiger partial charge in [-0.25, -0.2) is 4.79 Å². The second kappa shape index (κ2) is 8.56. The third-order valence-corrected chi connectivity index (χ3v) is 4.78. The van der Waals surface area contributed by atoms with Gasteiger partial charge in [-0.05, 0) is 68.3 Å². The maximum atomic E-state index is 12.5. The van der Waals surface area contributed by atoms with Gasteiger partial charge >= 0.3 is 5.97 Å². The van der Waals surface area contributed by atoms with Crippen LogP contribution in [-0.2, 0) is 20.7 Å². The van der Waals surface area contributed by atoms with Gasteiger partial charge in [-0.3, -0.25) is 9.59 Å². The van der Waals surface area contributed by atoms with Crippen molar-refractivity contribution in [2.24, 2.45) is 0 Å². The highest BCUT2D eigenvalue weighted by molar-refractivity contribution is 9.10. The molecule has 1 heterocycles. The number of fused-ring (bicyclic) bond motifs is 1. The molecule has 6 nitrogen and oxygen atoms in total. The predicted octanol–water partition coefficient (Wildman–Crippen LogP) is 3.93. The Kier molecular flexibility index (Phi) is 6.14. The van der Waals surface area contributed by atoms with Crippen LogP contribution in [0.3, 0.4) is 0 Å². The van der Waals surface area contributed by atoms with Crippen LogP contribution in [0.1, 0.15) is 36.2 Å². The molecule has 2 amide bonds. The number of carbonyl (C=O) groups excluding carboxylic acids is 3. The standard InChI is InChI=1S/C21H21BrN2O4/c1-13(2)28-21(27)14-3-7-17(8-4-14)23-19(25)12-24-18-9-6-16(22)11-15(18)5-10-20(24)26/h3-4,6-9,11,13H,5,10,12H2,1-2H3,(H,23,25). The Morgan fingerprint density at radius 1 is 1.14 bits per heavy atom. The molecule has 0 aromatic heterocycles. The number of rotatable bonds is 5. The zero-order valence-electron chi connectivity index (χ0n) is 15.7. The van der Waals surface area contributed by atoms with Crippen LogP contribution in [0.5, 0.6) is 0 Å². The molecule has 7 heteroatoms. The second-order valence-electron chi connectivity index (χ2n) is 6.83. The van der Waals surface area contributed by atoms with E-state index in [-0.39, 0.29) is 24.5 Å². The molecule has 0 saturated heterocycles. The van der Waals surface area contributed by atoms with Crippen molar-refractivity contribution in [3.8, 4) is 0 Å². The fourth-order valence-electron chi connectivity index (χ4n) is 3.02. The predicted molar refractivity (Wildman–Crippen MR) is 110 cm³/mol. The number of hydrogen-bond acceptors (Lipinski definition) is 4. The van der Waals surface area contributed by atoms with Gasteiger partial charge in [0.1, 0.15) is 6.54 Å². The van der Waals surface area contributed by atoms with Gasteiger partial charge in [0, 0.05) is 22.3 Å². The topological polar surface area (TPSA) is 75.7 Å². The number of hydrogen-bond donors (Lipinski definition) is 1. The summed E-state index contributed by atoms with van der Waals surface area (Å²) in [5.74, 6) is -0.784. The van der Waals surface area contributed by atoms with E-state index in [0.29, 0.717) is 24.1 Å². The summed E-state index contributed by atoms with van der Waals surface area (Å²) in [7, 11) is 0. The third-order valence-electron chi connectivity index (χ3n) is 4.29. The highest BCUT2D eigenvalue weighted by atomic mass is 79.9. The van der Waals surface area contributed by atoms with Crippen LogP contribution in [0, 0.1) is 0 Å². The van der Waals surface area contributed by atoms with Crippen LogP contribution in [-0.4, -0.2) is 30.4 Å². The molecule has 2 aromatic carbocycles. The summed E-state index contributed by atoms with van der Waals surface area (Å²) in [5, 5.41) is 2.76. The molecular weight excluding hydrogens is 424 g/mol. The molecule has 0 bridgehead atoms. The first kappa shape index (κ1) is 20.1. The second-order valence-corrected chi connectivity index (χ2v) is 7.75. The van der Waals surface area contributed by atoms with Crippen molar-refractivity contribution in [1.82, 2.24) is 0 Å². The van der Waals surface area contributed by atoms with Crippen LogP contribution in [0.15, 0.2) is 46.9 Å². The van der Waals surface area contributed by atoms with Crippen LogP contribution >= 0.6 is 15.9 Å². The molecule has 0 unspecified atom stereocenters. The summed E-state index contributed by atoms with van der Waals surface area (Å²) in [6, 6.07) is 12.1. The van der Waals surface area contributed by atoms with Crippen LogP contribution in [0.2, 0.25) is 0 Å². The lowest BCUT2D eigenvalue weighted by molar-refractivity contribution is -0.121. The molecule has 1 N–H and O–H groups in total. The largest absolute Gasteiger partial charge is 0.459 e. The quantitative estimate of drug-likeness (QED) is 0.708. The van der Waals surface area contributed by atoms with Crippen molar-refractivity contribution in [1.29, 1.82) is 0 Å². The van der Waals surface area contributed by atoms with E-state index in [4.69, 9.17) is 4.74 Å². The molecule has 2 aromatic rings. The Morgan fingerprint density at radius 3 is 2.54 bits per heavy atom. The molecular formula is C21H21BrN2O4. The van der Waals surface area contributed by atoms with Gasteiger partial charge in [0.15, 0.2) is 0 Å². The Hall–Kier alpha value is -2.67. The van der Waals surface area contributed by atoms with Gasteiger partial charge in [0.25, 0.3) is 0 Å². The smallest absolute Gasteiger partial charge is 0.338 e. The summed E-state index contributed by atoms with van der Waals surface area (Å²) < 4.78 is 6.08. The average molecular weight is 445 g/mol. The molecule has 0 radical (unpaired) electrons. The number of ether oxygens (including phenoxy) is 1. The molecule has 0 aliphatic carbocycles. The van der Waals surface area contributed by atoms with Crippen molar-refractivity contribution < 1.29 is 19.1 Å². The summed E-state index contributed by atoms with van der Waals surface area (Å²) in [5.41, 5.74) is 2.76. The summed E-state index contributed by atoms with van der Waals surface area (Å²) in [6.45, 7) is 3.50. The molecule has 0 atom stereocenters. The van der Waals surface area contributed by atoms with E-state index < -0.39 is 5.97 Å². The molecule has 3 rings (SSSR count). The van der Waals surface area contributed by atoms with E-state index in [0.717, 1.165) is 15.7 Å². The zero-order valence-corrected chi connectivity index (χ0v) is 17.3. The molecule has 1 aliphatic heterocycles. The number of nitrogens with one attached hydrogen (secondary N) is 1. The minimum atomic E-state index is -0.408. The molecule has 0 spiro atoms. The minimum absolute atomic E-state index is 0.0649. The van der Waals surface area contributed by atoms with E-state index in [1.807, 2.05) is 18.2 Å². The fourth-order valence-corrected chi connectivity index (χ4v) is 3.43. The number of anilines is 2. The van der Waals surface area contributed by atoms with Crippen LogP contribution < -0.4 is 10.2 Å². The zero-order chi connectivity index (χ0) is 20.3. The van der Waals surface area contributed by atoms with E-state index in [2.05, 4.69) is 21.2 Å². The summed E-state index contributed by atoms with van der Waals surface area (Å²) in [6.07, 6.45) is 0.848. The first-order chi connectivity index (χ1) is 13.3. The Morgan fingerprint density at radius 2 is 1.86 bits per heavy atom. The fraction of sp³-hybridized carbons (Fsp3) is 0.286. The van der Waals surface area contributed by atoms with E-state index in [1.165, 1.54) is 4.90 Å². The van der Waals surface area contributed by atoms with Crippen molar-refractivity contribution in [3.63, 3.8) is 0 Å². The number of benzene rings is 2. The third kappa shape index (κ3) is 4.78. The van der Waals surface area contributed by atoms with Gasteiger partial charge in [-0.15, -0.1) is 0 Å². The lowest BCUT2D eigenvalue weighted by Gasteiger charge is -2.29. The lowest BCUT2D eigenvalue weighted by Crippen LogP contribution is -2.40. The monoisotopic (exact) mass is 444 g/mol. The molecule has 146 valence electrons. The first-order valence-corrected chi connectivity index (χ1v) is 9.82. The normalized spacial score (nSPS) is 13.3. The van der Waals surface area contributed by atoms with Crippen molar-refractivity contribution >= 4 is 45.1 Å². The lowest BCUT2D eigenvalue weighted by atomic mass is 10.0. The Bertz CT molecular complexity index is 909. The molecule has 1 aliphatic rings. The van der Waals surface area contributed by atoms with Gasteiger partial charge in [0.2, 0.25) is 11.8 Å². The van der Waals surface area contributed by atoms with Crippen molar-refractivity contribution in [2.45, 2.75) is 32.8 Å². The maximum absolute atomic E-state index is 12.5. The van der Waals surface area contributed by atoms with E-state index in [9.17, 15) is 14.4 Å². The van der Waals surface area contributed by atoms with Gasteiger partial charge < -0.3 is 15.0 Å². The molecule has 0 fully saturated rings. The number of esters is 1. The van der Waals surface area contributed by atoms with Crippen molar-refractivity contribution in [2.75, 3.05) is 16.8 Å². The maximum Gasteiger partial charge on any atom is 0.338 e. The number of carbonyl (C=O) groups is 3. The molecule has 28 heavy (non-hydrogen) atoms. The number of halogens is 1. The van der Waals surface area contributed by atoms with E-state index >= 15 is 0 Å². The van der Waals surface area contributed by atoms with Crippen molar-refractivity contribution in [3.05, 3.63) is 58.1 Å². The van der Waals surface area contributed by atoms with Gasteiger partial charge in [-0.1, -0.05) is 15.9 Å². The minimum Gasteiger partial charge on any atom is -0.459 e. The van der Waals surface area contributed by atoms with Gasteiger partial charge in [0.05, 0.1) is 11.7 Å². The average Bonchev–Trinajstić information content (AvgIpc) is 2.64. The summed E-state index contributed by atoms with van der Waals surface area (Å²) in [4.78, 5) is 38.2. The summed E-state index contributed by atoms with van der Waals surface area (Å²) >= 11 is 3.43. The van der Waals surface area contributed by atoms with Crippen LogP contribution in [0.4, 0.5) is 11.4 Å². The highest BCUT2D eigenvalue weighted by Crippen LogP contribution is 2.30. The first-order valence-electron chi connectivity index (χ1n) is 9.03. The highest BCUT2D eigenvalue weighted by Gasteiger charge is 2.26.